The van der Waals surface area contributed by atoms with E-state index in [-0.39, 0.29) is 0 Å². The molecule has 0 amide bonds. The van der Waals surface area contributed by atoms with E-state index in [1.807, 2.05) is 0 Å². The largest absolute Gasteiger partial charge is 0.310 e. The molecule has 0 bridgehead atoms. The first kappa shape index (κ1) is 16.0. The average Bonchev–Trinajstić information content (AvgIpc) is 2.45. The van der Waals surface area contributed by atoms with Crippen LogP contribution in [0.3, 0.4) is 0 Å². The summed E-state index contributed by atoms with van der Waals surface area (Å²) in [7, 11) is 0. The van der Waals surface area contributed by atoms with Gasteiger partial charge in [-0.15, -0.1) is 0 Å². The lowest BCUT2D eigenvalue weighted by atomic mass is 9.99. The number of fused-ring (bicyclic) bond motifs is 1. The molecule has 0 saturated heterocycles. The molecular weight excluding hydrogens is 256 g/mol. The van der Waals surface area contributed by atoms with Crippen molar-refractivity contribution in [1.29, 1.82) is 0 Å². The topological polar surface area (TPSA) is 24.9 Å². The van der Waals surface area contributed by atoms with Gasteiger partial charge in [0.1, 0.15) is 0 Å². The molecule has 0 radical (unpaired) electrons. The standard InChI is InChI=1S/C19H28N2/c1-7-15(6)20-11-16-10-18(12(2)3)21-19-9-14(5)13(4)8-17(16)19/h8-10,12,15,20H,7,11H2,1-6H3. The van der Waals surface area contributed by atoms with Gasteiger partial charge in [0.05, 0.1) is 5.52 Å². The highest BCUT2D eigenvalue weighted by atomic mass is 14.9. The Morgan fingerprint density at radius 2 is 1.71 bits per heavy atom. The summed E-state index contributed by atoms with van der Waals surface area (Å²) >= 11 is 0. The minimum Gasteiger partial charge on any atom is -0.310 e. The summed E-state index contributed by atoms with van der Waals surface area (Å²) in [4.78, 5) is 4.86. The molecule has 2 heteroatoms. The number of nitrogens with zero attached hydrogens (tertiary/aromatic N) is 1. The lowest BCUT2D eigenvalue weighted by Crippen LogP contribution is -2.24. The van der Waals surface area contributed by atoms with Crippen molar-refractivity contribution in [2.45, 2.75) is 66.5 Å². The highest BCUT2D eigenvalue weighted by molar-refractivity contribution is 5.84. The van der Waals surface area contributed by atoms with Crippen molar-refractivity contribution in [3.63, 3.8) is 0 Å². The average molecular weight is 284 g/mol. The van der Waals surface area contributed by atoms with Crippen LogP contribution in [0.2, 0.25) is 0 Å². The van der Waals surface area contributed by atoms with Gasteiger partial charge in [-0.3, -0.25) is 4.98 Å². The van der Waals surface area contributed by atoms with E-state index in [2.05, 4.69) is 65.1 Å². The summed E-state index contributed by atoms with van der Waals surface area (Å²) in [5, 5.41) is 4.90. The molecule has 0 aliphatic rings. The van der Waals surface area contributed by atoms with Crippen molar-refractivity contribution in [1.82, 2.24) is 10.3 Å². The van der Waals surface area contributed by atoms with Crippen molar-refractivity contribution < 1.29 is 0 Å². The Kier molecular flexibility index (Phi) is 5.00. The predicted molar refractivity (Wildman–Crippen MR) is 91.9 cm³/mol. The van der Waals surface area contributed by atoms with Gasteiger partial charge in [-0.05, 0) is 68.0 Å². The summed E-state index contributed by atoms with van der Waals surface area (Å²) < 4.78 is 0. The molecule has 2 nitrogen and oxygen atoms in total. The molecule has 0 fully saturated rings. The minimum absolute atomic E-state index is 0.457. The minimum atomic E-state index is 0.457. The molecule has 0 saturated carbocycles. The molecule has 1 atom stereocenters. The Balaban J connectivity index is 2.51. The second kappa shape index (κ2) is 6.57. The first-order valence-corrected chi connectivity index (χ1v) is 8.06. The monoisotopic (exact) mass is 284 g/mol. The number of hydrogen-bond acceptors (Lipinski definition) is 2. The Morgan fingerprint density at radius 1 is 1.05 bits per heavy atom. The van der Waals surface area contributed by atoms with Gasteiger partial charge in [0, 0.05) is 23.7 Å². The number of benzene rings is 1. The van der Waals surface area contributed by atoms with Gasteiger partial charge in [-0.1, -0.05) is 20.8 Å². The van der Waals surface area contributed by atoms with Gasteiger partial charge < -0.3 is 5.32 Å². The van der Waals surface area contributed by atoms with E-state index in [9.17, 15) is 0 Å². The first-order valence-electron chi connectivity index (χ1n) is 8.06. The fraction of sp³-hybridized carbons (Fsp3) is 0.526. The molecule has 114 valence electrons. The van der Waals surface area contributed by atoms with Gasteiger partial charge in [0.15, 0.2) is 0 Å². The lowest BCUT2D eigenvalue weighted by Gasteiger charge is -2.16. The van der Waals surface area contributed by atoms with Gasteiger partial charge in [-0.2, -0.15) is 0 Å². The van der Waals surface area contributed by atoms with E-state index in [0.717, 1.165) is 18.5 Å². The van der Waals surface area contributed by atoms with Crippen LogP contribution in [-0.2, 0) is 6.54 Å². The normalized spacial score (nSPS) is 13.1. The van der Waals surface area contributed by atoms with Gasteiger partial charge in [0.2, 0.25) is 0 Å². The van der Waals surface area contributed by atoms with E-state index in [1.165, 1.54) is 27.8 Å². The molecule has 1 unspecified atom stereocenters. The van der Waals surface area contributed by atoms with Crippen LogP contribution in [0, 0.1) is 13.8 Å². The SMILES string of the molecule is CCC(C)NCc1cc(C(C)C)nc2cc(C)c(C)cc12. The fourth-order valence-electron chi connectivity index (χ4n) is 2.45. The predicted octanol–water partition coefficient (Wildman–Crippen LogP) is 4.86. The van der Waals surface area contributed by atoms with Crippen LogP contribution in [0.5, 0.6) is 0 Å². The van der Waals surface area contributed by atoms with E-state index < -0.39 is 0 Å². The Morgan fingerprint density at radius 3 is 2.33 bits per heavy atom. The maximum absolute atomic E-state index is 4.86. The molecule has 0 aliphatic heterocycles. The van der Waals surface area contributed by atoms with Crippen LogP contribution in [0.1, 0.15) is 62.4 Å². The molecule has 21 heavy (non-hydrogen) atoms. The van der Waals surface area contributed by atoms with Crippen LogP contribution in [0.4, 0.5) is 0 Å². The van der Waals surface area contributed by atoms with Crippen LogP contribution < -0.4 is 5.32 Å². The molecule has 0 spiro atoms. The van der Waals surface area contributed by atoms with Crippen LogP contribution in [-0.4, -0.2) is 11.0 Å². The molecule has 1 aromatic carbocycles. The molecular formula is C19H28N2. The second-order valence-corrected chi connectivity index (χ2v) is 6.50. The highest BCUT2D eigenvalue weighted by Crippen LogP contribution is 2.25. The maximum atomic E-state index is 4.86. The molecule has 2 rings (SSSR count). The van der Waals surface area contributed by atoms with Gasteiger partial charge >= 0.3 is 0 Å². The zero-order valence-electron chi connectivity index (χ0n) is 14.2. The van der Waals surface area contributed by atoms with Gasteiger partial charge in [-0.25, -0.2) is 0 Å². The summed E-state index contributed by atoms with van der Waals surface area (Å²) in [6.07, 6.45) is 1.15. The van der Waals surface area contributed by atoms with E-state index >= 15 is 0 Å². The van der Waals surface area contributed by atoms with Crippen LogP contribution >= 0.6 is 0 Å². The van der Waals surface area contributed by atoms with Crippen molar-refractivity contribution >= 4 is 10.9 Å². The molecule has 0 aliphatic carbocycles. The third-order valence-electron chi connectivity index (χ3n) is 4.37. The third kappa shape index (κ3) is 3.62. The Hall–Kier alpha value is -1.41. The summed E-state index contributed by atoms with van der Waals surface area (Å²) in [6, 6.07) is 7.33. The van der Waals surface area contributed by atoms with E-state index in [0.29, 0.717) is 12.0 Å². The molecule has 1 aromatic heterocycles. The lowest BCUT2D eigenvalue weighted by molar-refractivity contribution is 0.535. The zero-order chi connectivity index (χ0) is 15.6. The maximum Gasteiger partial charge on any atom is 0.0711 e. The van der Waals surface area contributed by atoms with Crippen molar-refractivity contribution in [3.05, 3.63) is 40.6 Å². The second-order valence-electron chi connectivity index (χ2n) is 6.50. The number of hydrogen-bond donors (Lipinski definition) is 1. The number of nitrogens with one attached hydrogen (secondary N) is 1. The van der Waals surface area contributed by atoms with Crippen molar-refractivity contribution in [2.24, 2.45) is 0 Å². The fourth-order valence-corrected chi connectivity index (χ4v) is 2.45. The first-order chi connectivity index (χ1) is 9.92. The third-order valence-corrected chi connectivity index (χ3v) is 4.37. The van der Waals surface area contributed by atoms with E-state index in [4.69, 9.17) is 4.98 Å². The number of aromatic nitrogens is 1. The summed E-state index contributed by atoms with van der Waals surface area (Å²) in [5.41, 5.74) is 6.34. The summed E-state index contributed by atoms with van der Waals surface area (Å²) in [5.74, 6) is 0.457. The van der Waals surface area contributed by atoms with Crippen molar-refractivity contribution in [2.75, 3.05) is 0 Å². The van der Waals surface area contributed by atoms with Gasteiger partial charge in [0.25, 0.3) is 0 Å². The summed E-state index contributed by atoms with van der Waals surface area (Å²) in [6.45, 7) is 14.1. The number of pyridine rings is 1. The smallest absolute Gasteiger partial charge is 0.0711 e. The molecule has 1 heterocycles. The number of aryl methyl sites for hydroxylation is 2. The molecule has 1 N–H and O–H groups in total. The number of rotatable bonds is 5. The van der Waals surface area contributed by atoms with Crippen LogP contribution in [0.25, 0.3) is 10.9 Å². The Labute approximate surface area is 129 Å². The van der Waals surface area contributed by atoms with Crippen LogP contribution in [0.15, 0.2) is 18.2 Å². The van der Waals surface area contributed by atoms with Crippen molar-refractivity contribution in [3.8, 4) is 0 Å². The highest BCUT2D eigenvalue weighted by Gasteiger charge is 2.10. The molecule has 2 aromatic rings. The Bertz CT molecular complexity index is 629. The zero-order valence-corrected chi connectivity index (χ0v) is 14.2. The van der Waals surface area contributed by atoms with E-state index in [1.54, 1.807) is 0 Å². The quantitative estimate of drug-likeness (QED) is 0.848.